The van der Waals surface area contributed by atoms with Crippen LogP contribution in [0.5, 0.6) is 0 Å². The molecule has 2 aromatic rings. The number of halogens is 2. The molecule has 2 N–H and O–H groups in total. The molecule has 1 aliphatic heterocycles. The van der Waals surface area contributed by atoms with Gasteiger partial charge in [-0.3, -0.25) is 15.1 Å². The molecule has 1 fully saturated rings. The van der Waals surface area contributed by atoms with Crippen LogP contribution < -0.4 is 10.6 Å². The molecular weight excluding hydrogens is 329 g/mol. The van der Waals surface area contributed by atoms with Crippen LogP contribution in [0.4, 0.5) is 5.69 Å². The summed E-state index contributed by atoms with van der Waals surface area (Å²) in [5, 5.41) is 7.16. The summed E-state index contributed by atoms with van der Waals surface area (Å²) in [5.41, 5.74) is 2.88. The van der Waals surface area contributed by atoms with Gasteiger partial charge in [0.15, 0.2) is 0 Å². The first-order valence-corrected chi connectivity index (χ1v) is 7.37. The van der Waals surface area contributed by atoms with Crippen molar-refractivity contribution in [2.75, 3.05) is 16.9 Å². The molecular formula is C14H17Cl2N3OS. The Kier molecular flexibility index (Phi) is 6.74. The monoisotopic (exact) mass is 345 g/mol. The predicted molar refractivity (Wildman–Crippen MR) is 93.9 cm³/mol. The highest BCUT2D eigenvalue weighted by atomic mass is 35.5. The molecule has 0 bridgehead atoms. The van der Waals surface area contributed by atoms with Gasteiger partial charge in [0.25, 0.3) is 0 Å². The van der Waals surface area contributed by atoms with Crippen LogP contribution in [0.3, 0.4) is 0 Å². The van der Waals surface area contributed by atoms with Crippen molar-refractivity contribution >= 4 is 59.1 Å². The summed E-state index contributed by atoms with van der Waals surface area (Å²) in [6, 6.07) is 7.71. The van der Waals surface area contributed by atoms with E-state index < -0.39 is 0 Å². The van der Waals surface area contributed by atoms with E-state index in [-0.39, 0.29) is 36.8 Å². The van der Waals surface area contributed by atoms with Gasteiger partial charge in [0.2, 0.25) is 5.91 Å². The van der Waals surface area contributed by atoms with E-state index in [1.165, 1.54) is 0 Å². The van der Waals surface area contributed by atoms with Gasteiger partial charge in [-0.1, -0.05) is 6.07 Å². The van der Waals surface area contributed by atoms with Crippen molar-refractivity contribution in [2.45, 2.75) is 13.0 Å². The van der Waals surface area contributed by atoms with E-state index in [2.05, 4.69) is 15.6 Å². The molecule has 3 rings (SSSR count). The summed E-state index contributed by atoms with van der Waals surface area (Å²) >= 11 is 1.74. The highest BCUT2D eigenvalue weighted by Gasteiger charge is 2.22. The van der Waals surface area contributed by atoms with E-state index in [1.807, 2.05) is 31.2 Å². The van der Waals surface area contributed by atoms with Gasteiger partial charge < -0.3 is 5.32 Å². The fraction of sp³-hybridized carbons (Fsp3) is 0.286. The number of rotatable bonds is 2. The topological polar surface area (TPSA) is 54.0 Å². The Hall–Kier alpha value is -1.01. The lowest BCUT2D eigenvalue weighted by Gasteiger charge is -2.13. The summed E-state index contributed by atoms with van der Waals surface area (Å²) in [5.74, 6) is 1.70. The number of thioether (sulfide) groups is 1. The second-order valence-electron chi connectivity index (χ2n) is 4.59. The maximum Gasteiger partial charge on any atom is 0.242 e. The molecule has 0 saturated carbocycles. The lowest BCUT2D eigenvalue weighted by Crippen LogP contribution is -2.37. The zero-order chi connectivity index (χ0) is 13.2. The smallest absolute Gasteiger partial charge is 0.242 e. The molecule has 1 aliphatic rings. The molecule has 1 aromatic carbocycles. The Morgan fingerprint density at radius 2 is 2.19 bits per heavy atom. The van der Waals surface area contributed by atoms with Crippen LogP contribution in [0.2, 0.25) is 0 Å². The molecule has 1 unspecified atom stereocenters. The summed E-state index contributed by atoms with van der Waals surface area (Å²) in [4.78, 5) is 16.5. The third-order valence-corrected chi connectivity index (χ3v) is 4.20. The third kappa shape index (κ3) is 3.80. The quantitative estimate of drug-likeness (QED) is 0.878. The molecule has 1 saturated heterocycles. The molecule has 1 atom stereocenters. The van der Waals surface area contributed by atoms with Crippen LogP contribution in [0.25, 0.3) is 10.9 Å². The highest BCUT2D eigenvalue weighted by molar-refractivity contribution is 7.99. The SMILES string of the molecule is Cc1ccc(NC(=O)C2CSCN2)c2cccnc12.Cl.Cl. The van der Waals surface area contributed by atoms with Crippen LogP contribution in [0.1, 0.15) is 5.56 Å². The summed E-state index contributed by atoms with van der Waals surface area (Å²) < 4.78 is 0. The number of hydrogen-bond acceptors (Lipinski definition) is 4. The van der Waals surface area contributed by atoms with E-state index in [0.717, 1.165) is 33.8 Å². The van der Waals surface area contributed by atoms with Gasteiger partial charge in [-0.05, 0) is 30.7 Å². The Labute approximate surface area is 140 Å². The average Bonchev–Trinajstić information content (AvgIpc) is 2.96. The van der Waals surface area contributed by atoms with Crippen molar-refractivity contribution in [1.82, 2.24) is 10.3 Å². The van der Waals surface area contributed by atoms with Crippen LogP contribution in [0.15, 0.2) is 30.5 Å². The molecule has 4 nitrogen and oxygen atoms in total. The number of aryl methyl sites for hydroxylation is 1. The van der Waals surface area contributed by atoms with Crippen molar-refractivity contribution in [3.05, 3.63) is 36.0 Å². The van der Waals surface area contributed by atoms with Gasteiger partial charge in [-0.15, -0.1) is 36.6 Å². The zero-order valence-corrected chi connectivity index (χ0v) is 13.9. The first-order valence-electron chi connectivity index (χ1n) is 6.22. The van der Waals surface area contributed by atoms with E-state index in [9.17, 15) is 4.79 Å². The lowest BCUT2D eigenvalue weighted by molar-refractivity contribution is -0.117. The molecule has 1 aromatic heterocycles. The Bertz CT molecular complexity index is 633. The van der Waals surface area contributed by atoms with Gasteiger partial charge in [0.05, 0.1) is 17.2 Å². The molecule has 0 spiro atoms. The Morgan fingerprint density at radius 3 is 2.90 bits per heavy atom. The lowest BCUT2D eigenvalue weighted by atomic mass is 10.1. The van der Waals surface area contributed by atoms with E-state index in [0.29, 0.717) is 0 Å². The number of anilines is 1. The Morgan fingerprint density at radius 1 is 1.38 bits per heavy atom. The zero-order valence-electron chi connectivity index (χ0n) is 11.5. The molecule has 21 heavy (non-hydrogen) atoms. The van der Waals surface area contributed by atoms with Crippen molar-refractivity contribution in [3.63, 3.8) is 0 Å². The summed E-state index contributed by atoms with van der Waals surface area (Å²) in [6.07, 6.45) is 1.77. The number of aromatic nitrogens is 1. The maximum absolute atomic E-state index is 12.1. The fourth-order valence-electron chi connectivity index (χ4n) is 2.21. The minimum atomic E-state index is -0.0991. The van der Waals surface area contributed by atoms with Crippen LogP contribution in [-0.4, -0.2) is 28.6 Å². The number of nitrogens with one attached hydrogen (secondary N) is 2. The number of hydrogen-bond donors (Lipinski definition) is 2. The average molecular weight is 346 g/mol. The van der Waals surface area contributed by atoms with E-state index in [1.54, 1.807) is 18.0 Å². The molecule has 1 amide bonds. The number of amides is 1. The molecule has 2 heterocycles. The number of carbonyl (C=O) groups excluding carboxylic acids is 1. The second-order valence-corrected chi connectivity index (χ2v) is 5.62. The second kappa shape index (κ2) is 7.84. The van der Waals surface area contributed by atoms with E-state index >= 15 is 0 Å². The summed E-state index contributed by atoms with van der Waals surface area (Å²) in [7, 11) is 0. The van der Waals surface area contributed by atoms with Gasteiger partial charge in [-0.2, -0.15) is 0 Å². The van der Waals surface area contributed by atoms with E-state index in [4.69, 9.17) is 0 Å². The van der Waals surface area contributed by atoms with Crippen molar-refractivity contribution in [2.24, 2.45) is 0 Å². The Balaban J connectivity index is 0.00000110. The van der Waals surface area contributed by atoms with Crippen LogP contribution >= 0.6 is 36.6 Å². The molecule has 0 aliphatic carbocycles. The minimum Gasteiger partial charge on any atom is -0.324 e. The normalized spacial score (nSPS) is 16.9. The van der Waals surface area contributed by atoms with Crippen molar-refractivity contribution in [3.8, 4) is 0 Å². The van der Waals surface area contributed by atoms with Crippen LogP contribution in [0, 0.1) is 6.92 Å². The van der Waals surface area contributed by atoms with Crippen molar-refractivity contribution in [1.29, 1.82) is 0 Å². The largest absolute Gasteiger partial charge is 0.324 e. The molecule has 7 heteroatoms. The summed E-state index contributed by atoms with van der Waals surface area (Å²) in [6.45, 7) is 2.02. The molecule has 114 valence electrons. The number of benzene rings is 1. The van der Waals surface area contributed by atoms with Crippen LogP contribution in [-0.2, 0) is 4.79 Å². The molecule has 0 radical (unpaired) electrons. The van der Waals surface area contributed by atoms with Crippen molar-refractivity contribution < 1.29 is 4.79 Å². The maximum atomic E-state index is 12.1. The first kappa shape index (κ1) is 18.0. The standard InChI is InChI=1S/C14H15N3OS.2ClH/c1-9-4-5-11(10-3-2-6-15-13(9)10)17-14(18)12-7-19-8-16-12;;/h2-6,12,16H,7-8H2,1H3,(H,17,18);2*1H. The minimum absolute atomic E-state index is 0. The van der Waals surface area contributed by atoms with Gasteiger partial charge in [-0.25, -0.2) is 0 Å². The number of pyridine rings is 1. The van der Waals surface area contributed by atoms with Gasteiger partial charge >= 0.3 is 0 Å². The van der Waals surface area contributed by atoms with Gasteiger partial charge in [0.1, 0.15) is 0 Å². The third-order valence-electron chi connectivity index (χ3n) is 3.26. The predicted octanol–water partition coefficient (Wildman–Crippen LogP) is 2.99. The highest BCUT2D eigenvalue weighted by Crippen LogP contribution is 2.25. The fourth-order valence-corrected chi connectivity index (χ4v) is 3.15. The number of fused-ring (bicyclic) bond motifs is 1. The first-order chi connectivity index (χ1) is 9.25. The number of nitrogens with zero attached hydrogens (tertiary/aromatic N) is 1. The van der Waals surface area contributed by atoms with Gasteiger partial charge in [0, 0.05) is 23.2 Å². The number of carbonyl (C=O) groups is 1.